The van der Waals surface area contributed by atoms with Gasteiger partial charge in [-0.2, -0.15) is 9.61 Å². The van der Waals surface area contributed by atoms with Crippen molar-refractivity contribution in [2.45, 2.75) is 51.9 Å². The molecule has 0 aromatic carbocycles. The summed E-state index contributed by atoms with van der Waals surface area (Å²) in [7, 11) is 0. The van der Waals surface area contributed by atoms with Crippen LogP contribution in [0.3, 0.4) is 0 Å². The molecule has 3 rings (SSSR count). The molecule has 2 aromatic heterocycles. The fourth-order valence-electron chi connectivity index (χ4n) is 2.99. The number of fused-ring (bicyclic) bond motifs is 1. The molecule has 20 heavy (non-hydrogen) atoms. The van der Waals surface area contributed by atoms with Crippen LogP contribution in [0.5, 0.6) is 0 Å². The number of hydrogen-bond acceptors (Lipinski definition) is 5. The molecule has 1 saturated carbocycles. The first-order chi connectivity index (χ1) is 9.61. The van der Waals surface area contributed by atoms with Crippen LogP contribution in [0.1, 0.15) is 49.4 Å². The Morgan fingerprint density at radius 3 is 2.60 bits per heavy atom. The summed E-state index contributed by atoms with van der Waals surface area (Å²) in [6.45, 7) is 1.85. The molecule has 0 amide bonds. The molecule has 2 aromatic rings. The summed E-state index contributed by atoms with van der Waals surface area (Å²) in [5.41, 5.74) is -0.645. The zero-order valence-corrected chi connectivity index (χ0v) is 12.3. The topological polar surface area (TPSA) is 80.4 Å². The number of carbonyl (C=O) groups is 1. The molecule has 0 unspecified atom stereocenters. The summed E-state index contributed by atoms with van der Waals surface area (Å²) in [6, 6.07) is 0. The second-order valence-corrected chi connectivity index (χ2v) is 6.65. The lowest BCUT2D eigenvalue weighted by atomic mass is 9.78. The van der Waals surface area contributed by atoms with Gasteiger partial charge in [0.25, 0.3) is 0 Å². The van der Waals surface area contributed by atoms with E-state index >= 15 is 0 Å². The second-order valence-electron chi connectivity index (χ2n) is 5.61. The molecule has 0 saturated heterocycles. The zero-order valence-electron chi connectivity index (χ0n) is 11.5. The van der Waals surface area contributed by atoms with Gasteiger partial charge in [0.05, 0.1) is 5.41 Å². The largest absolute Gasteiger partial charge is 0.481 e. The van der Waals surface area contributed by atoms with E-state index in [1.165, 1.54) is 11.3 Å². The highest BCUT2D eigenvalue weighted by Gasteiger charge is 2.39. The molecule has 1 N–H and O–H groups in total. The molecule has 0 spiro atoms. The summed E-state index contributed by atoms with van der Waals surface area (Å²) in [6.07, 6.45) is 6.28. The first kappa shape index (κ1) is 13.5. The highest BCUT2D eigenvalue weighted by molar-refractivity contribution is 7.16. The Morgan fingerprint density at radius 2 is 2.00 bits per heavy atom. The molecule has 0 bridgehead atoms. The third kappa shape index (κ3) is 2.30. The summed E-state index contributed by atoms with van der Waals surface area (Å²) < 4.78 is 1.70. The van der Waals surface area contributed by atoms with Crippen LogP contribution < -0.4 is 0 Å². The summed E-state index contributed by atoms with van der Waals surface area (Å²) in [5.74, 6) is 0.0647. The number of nitrogens with zero attached hydrogens (tertiary/aromatic N) is 4. The monoisotopic (exact) mass is 294 g/mol. The Balaban J connectivity index is 1.90. The minimum atomic E-state index is -0.679. The van der Waals surface area contributed by atoms with Gasteiger partial charge in [0.15, 0.2) is 5.82 Å². The van der Waals surface area contributed by atoms with E-state index in [9.17, 15) is 9.90 Å². The fourth-order valence-corrected chi connectivity index (χ4v) is 4.01. The number of aromatic nitrogens is 4. The average molecular weight is 294 g/mol. The SMILES string of the molecule is Cc1nnc2sc(CC3(C(=O)O)CCCCCC3)nn12. The molecule has 0 radical (unpaired) electrons. The van der Waals surface area contributed by atoms with Crippen molar-refractivity contribution in [1.82, 2.24) is 19.8 Å². The molecule has 6 nitrogen and oxygen atoms in total. The minimum absolute atomic E-state index is 0.510. The van der Waals surface area contributed by atoms with E-state index < -0.39 is 11.4 Å². The van der Waals surface area contributed by atoms with Gasteiger partial charge in [0.1, 0.15) is 5.01 Å². The van der Waals surface area contributed by atoms with Gasteiger partial charge in [-0.05, 0) is 19.8 Å². The molecule has 1 aliphatic rings. The number of hydrogen-bond donors (Lipinski definition) is 1. The third-order valence-corrected chi connectivity index (χ3v) is 5.09. The molecule has 1 fully saturated rings. The van der Waals surface area contributed by atoms with E-state index in [4.69, 9.17) is 0 Å². The standard InChI is InChI=1S/C13H18N4O2S/c1-9-14-15-12-17(9)16-10(20-12)8-13(11(18)19)6-4-2-3-5-7-13/h2-8H2,1H3,(H,18,19). The summed E-state index contributed by atoms with van der Waals surface area (Å²) in [5, 5.41) is 23.0. The number of carboxylic acids is 1. The zero-order chi connectivity index (χ0) is 14.2. The van der Waals surface area contributed by atoms with Crippen LogP contribution in [0.4, 0.5) is 0 Å². The lowest BCUT2D eigenvalue weighted by molar-refractivity contribution is -0.149. The molecule has 1 aliphatic carbocycles. The van der Waals surface area contributed by atoms with Gasteiger partial charge in [-0.25, -0.2) is 0 Å². The van der Waals surface area contributed by atoms with Gasteiger partial charge in [-0.1, -0.05) is 37.0 Å². The average Bonchev–Trinajstić information content (AvgIpc) is 2.84. The van der Waals surface area contributed by atoms with Crippen molar-refractivity contribution in [2.24, 2.45) is 5.41 Å². The molecule has 108 valence electrons. The lowest BCUT2D eigenvalue weighted by Crippen LogP contribution is -2.33. The van der Waals surface area contributed by atoms with Gasteiger partial charge in [-0.3, -0.25) is 4.79 Å². The van der Waals surface area contributed by atoms with Crippen LogP contribution in [0.15, 0.2) is 0 Å². The predicted molar refractivity (Wildman–Crippen MR) is 74.9 cm³/mol. The van der Waals surface area contributed by atoms with Crippen molar-refractivity contribution in [3.63, 3.8) is 0 Å². The lowest BCUT2D eigenvalue weighted by Gasteiger charge is -2.26. The number of rotatable bonds is 3. The van der Waals surface area contributed by atoms with Crippen molar-refractivity contribution in [1.29, 1.82) is 0 Å². The van der Waals surface area contributed by atoms with Gasteiger partial charge >= 0.3 is 5.97 Å². The van der Waals surface area contributed by atoms with Crippen LogP contribution in [0, 0.1) is 12.3 Å². The third-order valence-electron chi connectivity index (χ3n) is 4.19. The number of aliphatic carboxylic acids is 1. The van der Waals surface area contributed by atoms with Crippen molar-refractivity contribution >= 4 is 22.3 Å². The van der Waals surface area contributed by atoms with E-state index in [1.807, 2.05) is 6.92 Å². The Morgan fingerprint density at radius 1 is 1.30 bits per heavy atom. The highest BCUT2D eigenvalue weighted by atomic mass is 32.1. The van der Waals surface area contributed by atoms with Gasteiger partial charge in [-0.15, -0.1) is 10.2 Å². The predicted octanol–water partition coefficient (Wildman–Crippen LogP) is 2.46. The van der Waals surface area contributed by atoms with Crippen LogP contribution >= 0.6 is 11.3 Å². The van der Waals surface area contributed by atoms with E-state index in [0.717, 1.165) is 54.3 Å². The van der Waals surface area contributed by atoms with Gasteiger partial charge in [0, 0.05) is 6.42 Å². The van der Waals surface area contributed by atoms with Crippen LogP contribution in [-0.4, -0.2) is 30.9 Å². The van der Waals surface area contributed by atoms with Crippen molar-refractivity contribution in [3.8, 4) is 0 Å². The Labute approximate surface area is 120 Å². The van der Waals surface area contributed by atoms with Crippen LogP contribution in [-0.2, 0) is 11.2 Å². The number of carboxylic acid groups (broad SMARTS) is 1. The summed E-state index contributed by atoms with van der Waals surface area (Å²) in [4.78, 5) is 12.5. The van der Waals surface area contributed by atoms with Crippen LogP contribution in [0.25, 0.3) is 4.96 Å². The maximum Gasteiger partial charge on any atom is 0.310 e. The smallest absolute Gasteiger partial charge is 0.310 e. The van der Waals surface area contributed by atoms with E-state index in [0.29, 0.717) is 6.42 Å². The van der Waals surface area contributed by atoms with Gasteiger partial charge in [0.2, 0.25) is 4.96 Å². The van der Waals surface area contributed by atoms with Crippen molar-refractivity contribution in [2.75, 3.05) is 0 Å². The molecule has 0 atom stereocenters. The maximum atomic E-state index is 11.8. The molecule has 0 aliphatic heterocycles. The van der Waals surface area contributed by atoms with Crippen LogP contribution in [0.2, 0.25) is 0 Å². The normalized spacial score (nSPS) is 19.1. The minimum Gasteiger partial charge on any atom is -0.481 e. The Hall–Kier alpha value is -1.50. The molecule has 2 heterocycles. The fraction of sp³-hybridized carbons (Fsp3) is 0.692. The first-order valence-electron chi connectivity index (χ1n) is 7.02. The van der Waals surface area contributed by atoms with E-state index in [1.54, 1.807) is 4.52 Å². The van der Waals surface area contributed by atoms with Crippen molar-refractivity contribution < 1.29 is 9.90 Å². The Kier molecular flexibility index (Phi) is 3.45. The maximum absolute atomic E-state index is 11.8. The van der Waals surface area contributed by atoms with Crippen molar-refractivity contribution in [3.05, 3.63) is 10.8 Å². The summed E-state index contributed by atoms with van der Waals surface area (Å²) >= 11 is 1.45. The first-order valence-corrected chi connectivity index (χ1v) is 7.83. The molecular formula is C13H18N4O2S. The molecule has 7 heteroatoms. The quantitative estimate of drug-likeness (QED) is 0.879. The number of aryl methyl sites for hydroxylation is 1. The van der Waals surface area contributed by atoms with E-state index in [2.05, 4.69) is 15.3 Å². The van der Waals surface area contributed by atoms with Gasteiger partial charge < -0.3 is 5.11 Å². The Bertz CT molecular complexity index is 625. The van der Waals surface area contributed by atoms with E-state index in [-0.39, 0.29) is 0 Å². The highest BCUT2D eigenvalue weighted by Crippen LogP contribution is 2.39. The molecular weight excluding hydrogens is 276 g/mol. The second kappa shape index (κ2) is 5.12.